The third-order valence-corrected chi connectivity index (χ3v) is 5.13. The summed E-state index contributed by atoms with van der Waals surface area (Å²) >= 11 is 0. The standard InChI is InChI=1S/C18H27N5O3/c1-20(2)18(26)23-8-4-5-14(13-23)16(24)21-9-11-22(12-10-21)17(25)15-6-3-7-19-15/h3,6-7,14,19H,4-5,8-13H2,1-2H3. The first-order valence-electron chi connectivity index (χ1n) is 9.15. The zero-order valence-corrected chi connectivity index (χ0v) is 15.5. The van der Waals surface area contributed by atoms with Crippen LogP contribution in [0.3, 0.4) is 0 Å². The molecule has 4 amide bonds. The Hall–Kier alpha value is -2.51. The van der Waals surface area contributed by atoms with E-state index in [1.54, 1.807) is 47.1 Å². The molecule has 8 heteroatoms. The molecule has 2 saturated heterocycles. The number of piperidine rings is 1. The van der Waals surface area contributed by atoms with Gasteiger partial charge in [0.05, 0.1) is 5.92 Å². The lowest BCUT2D eigenvalue weighted by Crippen LogP contribution is -2.54. The molecule has 0 aliphatic carbocycles. The van der Waals surface area contributed by atoms with Gasteiger partial charge in [0.15, 0.2) is 0 Å². The highest BCUT2D eigenvalue weighted by molar-refractivity contribution is 5.92. The van der Waals surface area contributed by atoms with Crippen LogP contribution >= 0.6 is 0 Å². The zero-order chi connectivity index (χ0) is 18.7. The fraction of sp³-hybridized carbons (Fsp3) is 0.611. The highest BCUT2D eigenvalue weighted by atomic mass is 16.2. The largest absolute Gasteiger partial charge is 0.357 e. The molecule has 1 aromatic rings. The first kappa shape index (κ1) is 18.3. The third-order valence-electron chi connectivity index (χ3n) is 5.13. The van der Waals surface area contributed by atoms with Crippen LogP contribution in [0.15, 0.2) is 18.3 Å². The third kappa shape index (κ3) is 3.84. The number of aromatic nitrogens is 1. The monoisotopic (exact) mass is 361 g/mol. The van der Waals surface area contributed by atoms with E-state index in [-0.39, 0.29) is 23.8 Å². The van der Waals surface area contributed by atoms with Crippen LogP contribution in [0.4, 0.5) is 4.79 Å². The zero-order valence-electron chi connectivity index (χ0n) is 15.5. The summed E-state index contributed by atoms with van der Waals surface area (Å²) in [5.41, 5.74) is 0.579. The Bertz CT molecular complexity index is 650. The number of piperazine rings is 1. The minimum atomic E-state index is -0.140. The number of likely N-dealkylation sites (tertiary alicyclic amines) is 1. The second-order valence-corrected chi connectivity index (χ2v) is 7.16. The number of hydrogen-bond acceptors (Lipinski definition) is 3. The topological polar surface area (TPSA) is 80.0 Å². The number of aromatic amines is 1. The number of nitrogens with one attached hydrogen (secondary N) is 1. The molecule has 1 atom stereocenters. The quantitative estimate of drug-likeness (QED) is 0.842. The van der Waals surface area contributed by atoms with Crippen molar-refractivity contribution < 1.29 is 14.4 Å². The lowest BCUT2D eigenvalue weighted by atomic mass is 9.96. The van der Waals surface area contributed by atoms with E-state index in [1.807, 2.05) is 4.90 Å². The Labute approximate surface area is 153 Å². The van der Waals surface area contributed by atoms with Crippen molar-refractivity contribution in [2.24, 2.45) is 5.92 Å². The molecule has 0 spiro atoms. The summed E-state index contributed by atoms with van der Waals surface area (Å²) in [5.74, 6) is -0.0611. The van der Waals surface area contributed by atoms with Crippen molar-refractivity contribution in [2.75, 3.05) is 53.4 Å². The molecule has 3 rings (SSSR count). The van der Waals surface area contributed by atoms with Crippen molar-refractivity contribution in [1.82, 2.24) is 24.6 Å². The molecule has 8 nitrogen and oxygen atoms in total. The fourth-order valence-corrected chi connectivity index (χ4v) is 3.66. The Morgan fingerprint density at radius 3 is 2.35 bits per heavy atom. The number of amides is 4. The first-order valence-corrected chi connectivity index (χ1v) is 9.15. The summed E-state index contributed by atoms with van der Waals surface area (Å²) in [7, 11) is 3.46. The minimum absolute atomic E-state index is 0.0254. The van der Waals surface area contributed by atoms with Gasteiger partial charge in [-0.2, -0.15) is 0 Å². The fourth-order valence-electron chi connectivity index (χ4n) is 3.66. The highest BCUT2D eigenvalue weighted by Gasteiger charge is 2.33. The molecule has 2 aliphatic heterocycles. The Balaban J connectivity index is 1.53. The van der Waals surface area contributed by atoms with Gasteiger partial charge >= 0.3 is 6.03 Å². The van der Waals surface area contributed by atoms with Crippen molar-refractivity contribution in [2.45, 2.75) is 12.8 Å². The van der Waals surface area contributed by atoms with Gasteiger partial charge < -0.3 is 24.6 Å². The number of carbonyl (C=O) groups excluding carboxylic acids is 3. The van der Waals surface area contributed by atoms with E-state index in [0.29, 0.717) is 45.0 Å². The van der Waals surface area contributed by atoms with Crippen LogP contribution in [-0.4, -0.2) is 95.8 Å². The number of rotatable bonds is 2. The van der Waals surface area contributed by atoms with E-state index in [2.05, 4.69) is 4.98 Å². The van der Waals surface area contributed by atoms with E-state index in [0.717, 1.165) is 12.8 Å². The smallest absolute Gasteiger partial charge is 0.319 e. The van der Waals surface area contributed by atoms with Gasteiger partial charge in [0.2, 0.25) is 5.91 Å². The molecule has 1 unspecified atom stereocenters. The van der Waals surface area contributed by atoms with E-state index in [4.69, 9.17) is 0 Å². The molecule has 2 aliphatic rings. The molecule has 0 radical (unpaired) electrons. The molecule has 1 aromatic heterocycles. The van der Waals surface area contributed by atoms with Crippen molar-refractivity contribution in [3.63, 3.8) is 0 Å². The van der Waals surface area contributed by atoms with Gasteiger partial charge in [-0.1, -0.05) is 0 Å². The van der Waals surface area contributed by atoms with Crippen LogP contribution in [0.2, 0.25) is 0 Å². The van der Waals surface area contributed by atoms with Crippen molar-refractivity contribution >= 4 is 17.8 Å². The Morgan fingerprint density at radius 2 is 1.73 bits per heavy atom. The molecule has 0 bridgehead atoms. The van der Waals surface area contributed by atoms with Gasteiger partial charge in [-0.15, -0.1) is 0 Å². The number of H-pyrrole nitrogens is 1. The van der Waals surface area contributed by atoms with Crippen LogP contribution in [0.1, 0.15) is 23.3 Å². The lowest BCUT2D eigenvalue weighted by Gasteiger charge is -2.39. The minimum Gasteiger partial charge on any atom is -0.357 e. The number of nitrogens with zero attached hydrogens (tertiary/aromatic N) is 4. The maximum atomic E-state index is 12.9. The summed E-state index contributed by atoms with van der Waals surface area (Å²) in [6.07, 6.45) is 3.40. The summed E-state index contributed by atoms with van der Waals surface area (Å²) in [5, 5.41) is 0. The molecule has 0 saturated carbocycles. The summed E-state index contributed by atoms with van der Waals surface area (Å²) in [4.78, 5) is 47.2. The lowest BCUT2D eigenvalue weighted by molar-refractivity contribution is -0.138. The number of urea groups is 1. The first-order chi connectivity index (χ1) is 12.5. The molecule has 1 N–H and O–H groups in total. The second kappa shape index (κ2) is 7.80. The predicted octanol–water partition coefficient (Wildman–Crippen LogP) is 0.693. The van der Waals surface area contributed by atoms with E-state index in [1.165, 1.54) is 0 Å². The van der Waals surface area contributed by atoms with Gasteiger partial charge in [0, 0.05) is 59.6 Å². The van der Waals surface area contributed by atoms with Crippen molar-refractivity contribution in [3.05, 3.63) is 24.0 Å². The highest BCUT2D eigenvalue weighted by Crippen LogP contribution is 2.21. The number of hydrogen-bond donors (Lipinski definition) is 1. The maximum absolute atomic E-state index is 12.9. The van der Waals surface area contributed by atoms with E-state index >= 15 is 0 Å². The predicted molar refractivity (Wildman–Crippen MR) is 96.7 cm³/mol. The van der Waals surface area contributed by atoms with E-state index in [9.17, 15) is 14.4 Å². The Morgan fingerprint density at radius 1 is 1.04 bits per heavy atom. The van der Waals surface area contributed by atoms with Crippen LogP contribution in [0.5, 0.6) is 0 Å². The average Bonchev–Trinajstić information content (AvgIpc) is 3.21. The molecular formula is C18H27N5O3. The van der Waals surface area contributed by atoms with Crippen molar-refractivity contribution in [1.29, 1.82) is 0 Å². The molecule has 2 fully saturated rings. The summed E-state index contributed by atoms with van der Waals surface area (Å²) < 4.78 is 0. The van der Waals surface area contributed by atoms with Gasteiger partial charge in [-0.05, 0) is 25.0 Å². The maximum Gasteiger partial charge on any atom is 0.319 e. The van der Waals surface area contributed by atoms with Crippen LogP contribution in [0.25, 0.3) is 0 Å². The summed E-state index contributed by atoms with van der Waals surface area (Å²) in [6, 6.07) is 3.53. The van der Waals surface area contributed by atoms with Crippen molar-refractivity contribution in [3.8, 4) is 0 Å². The average molecular weight is 361 g/mol. The SMILES string of the molecule is CN(C)C(=O)N1CCCC(C(=O)N2CCN(C(=O)c3ccc[nH]3)CC2)C1. The number of carbonyl (C=O) groups is 3. The van der Waals surface area contributed by atoms with Crippen LogP contribution in [-0.2, 0) is 4.79 Å². The van der Waals surface area contributed by atoms with Crippen LogP contribution in [0, 0.1) is 5.92 Å². The van der Waals surface area contributed by atoms with Crippen LogP contribution < -0.4 is 0 Å². The molecule has 142 valence electrons. The van der Waals surface area contributed by atoms with Gasteiger partial charge in [0.1, 0.15) is 5.69 Å². The molecule has 0 aromatic carbocycles. The Kier molecular flexibility index (Phi) is 5.49. The van der Waals surface area contributed by atoms with Gasteiger partial charge in [0.25, 0.3) is 5.91 Å². The molecular weight excluding hydrogens is 334 g/mol. The normalized spacial score (nSPS) is 20.8. The van der Waals surface area contributed by atoms with Gasteiger partial charge in [-0.25, -0.2) is 4.79 Å². The molecule has 3 heterocycles. The van der Waals surface area contributed by atoms with E-state index < -0.39 is 0 Å². The summed E-state index contributed by atoms with van der Waals surface area (Å²) in [6.45, 7) is 3.36. The second-order valence-electron chi connectivity index (χ2n) is 7.16. The van der Waals surface area contributed by atoms with Gasteiger partial charge in [-0.3, -0.25) is 9.59 Å². The molecule has 26 heavy (non-hydrogen) atoms.